The summed E-state index contributed by atoms with van der Waals surface area (Å²) in [5.41, 5.74) is 0.373. The summed E-state index contributed by atoms with van der Waals surface area (Å²) < 4.78 is 0. The van der Waals surface area contributed by atoms with Gasteiger partial charge >= 0.3 is 6.03 Å². The van der Waals surface area contributed by atoms with E-state index in [1.54, 1.807) is 4.90 Å². The van der Waals surface area contributed by atoms with Crippen molar-refractivity contribution in [2.24, 2.45) is 5.41 Å². The molecule has 0 unspecified atom stereocenters. The van der Waals surface area contributed by atoms with Gasteiger partial charge in [0.1, 0.15) is 0 Å². The quantitative estimate of drug-likeness (QED) is 0.735. The summed E-state index contributed by atoms with van der Waals surface area (Å²) >= 11 is 0. The third-order valence-electron chi connectivity index (χ3n) is 3.38. The number of carbonyl (C=O) groups excluding carboxylic acids is 2. The molecule has 0 aromatic heterocycles. The van der Waals surface area contributed by atoms with Crippen molar-refractivity contribution in [1.29, 1.82) is 0 Å². The molecule has 4 nitrogen and oxygen atoms in total. The van der Waals surface area contributed by atoms with Crippen molar-refractivity contribution >= 4 is 11.9 Å². The molecule has 1 heterocycles. The first-order valence-electron chi connectivity index (χ1n) is 5.24. The summed E-state index contributed by atoms with van der Waals surface area (Å²) in [6.45, 7) is 3.58. The third-order valence-corrected chi connectivity index (χ3v) is 3.38. The average Bonchev–Trinajstić information content (AvgIpc) is 2.91. The highest BCUT2D eigenvalue weighted by Crippen LogP contribution is 2.49. The fraction of sp³-hybridized carbons (Fsp3) is 0.800. The van der Waals surface area contributed by atoms with Gasteiger partial charge in [-0.1, -0.05) is 6.92 Å². The summed E-state index contributed by atoms with van der Waals surface area (Å²) in [5, 5.41) is 2.35. The zero-order chi connectivity index (χ0) is 10.2. The number of urea groups is 1. The summed E-state index contributed by atoms with van der Waals surface area (Å²) in [4.78, 5) is 24.1. The van der Waals surface area contributed by atoms with Crippen LogP contribution < -0.4 is 5.32 Å². The Kier molecular flexibility index (Phi) is 2.21. The van der Waals surface area contributed by atoms with Crippen molar-refractivity contribution in [1.82, 2.24) is 10.2 Å². The van der Waals surface area contributed by atoms with Gasteiger partial charge in [0.25, 0.3) is 0 Å². The molecule has 0 radical (unpaired) electrons. The predicted molar refractivity (Wildman–Crippen MR) is 51.7 cm³/mol. The predicted octanol–water partition coefficient (Wildman–Crippen LogP) is 1.12. The number of hydrogen-bond acceptors (Lipinski definition) is 2. The molecule has 14 heavy (non-hydrogen) atoms. The van der Waals surface area contributed by atoms with Crippen LogP contribution in [0.15, 0.2) is 0 Å². The second-order valence-corrected chi connectivity index (χ2v) is 4.38. The molecule has 1 N–H and O–H groups in total. The molecule has 3 amide bonds. The summed E-state index contributed by atoms with van der Waals surface area (Å²) in [6.07, 6.45) is 4.03. The highest BCUT2D eigenvalue weighted by atomic mass is 16.2. The van der Waals surface area contributed by atoms with Crippen LogP contribution in [0.4, 0.5) is 4.79 Å². The zero-order valence-corrected chi connectivity index (χ0v) is 8.51. The lowest BCUT2D eigenvalue weighted by Crippen LogP contribution is -2.51. The van der Waals surface area contributed by atoms with Gasteiger partial charge in [0.05, 0.1) is 0 Å². The summed E-state index contributed by atoms with van der Waals surface area (Å²) in [5.74, 6) is -0.146. The molecule has 0 aromatic rings. The molecule has 2 aliphatic rings. The first kappa shape index (κ1) is 9.49. The van der Waals surface area contributed by atoms with Crippen molar-refractivity contribution in [3.8, 4) is 0 Å². The van der Waals surface area contributed by atoms with Crippen molar-refractivity contribution in [2.45, 2.75) is 32.6 Å². The maximum Gasteiger partial charge on any atom is 0.324 e. The van der Waals surface area contributed by atoms with Gasteiger partial charge < -0.3 is 4.90 Å². The molecule has 2 fully saturated rings. The first-order valence-corrected chi connectivity index (χ1v) is 5.24. The Morgan fingerprint density at radius 2 is 2.14 bits per heavy atom. The molecular weight excluding hydrogens is 180 g/mol. The van der Waals surface area contributed by atoms with Crippen LogP contribution in [0.25, 0.3) is 0 Å². The van der Waals surface area contributed by atoms with E-state index in [1.807, 2.05) is 0 Å². The lowest BCUT2D eigenvalue weighted by Gasteiger charge is -2.29. The molecule has 1 aliphatic heterocycles. The van der Waals surface area contributed by atoms with E-state index in [0.717, 1.165) is 13.0 Å². The second kappa shape index (κ2) is 3.26. The number of rotatable bonds is 3. The highest BCUT2D eigenvalue weighted by molar-refractivity contribution is 5.96. The van der Waals surface area contributed by atoms with Crippen LogP contribution in [0, 0.1) is 5.41 Å². The number of nitrogens with one attached hydrogen (secondary N) is 1. The van der Waals surface area contributed by atoms with Crippen LogP contribution in [-0.4, -0.2) is 29.9 Å². The molecular formula is C10H16N2O2. The normalized spacial score (nSPS) is 24.8. The Hall–Kier alpha value is -1.06. The number of imide groups is 1. The van der Waals surface area contributed by atoms with E-state index >= 15 is 0 Å². The van der Waals surface area contributed by atoms with Crippen LogP contribution in [0.1, 0.15) is 32.6 Å². The van der Waals surface area contributed by atoms with Gasteiger partial charge in [-0.15, -0.1) is 0 Å². The number of carbonyl (C=O) groups is 2. The van der Waals surface area contributed by atoms with Crippen LogP contribution in [0.2, 0.25) is 0 Å². The van der Waals surface area contributed by atoms with Crippen molar-refractivity contribution in [3.63, 3.8) is 0 Å². The van der Waals surface area contributed by atoms with Crippen LogP contribution in [0.5, 0.6) is 0 Å². The summed E-state index contributed by atoms with van der Waals surface area (Å²) in [7, 11) is 0. The smallest absolute Gasteiger partial charge is 0.323 e. The van der Waals surface area contributed by atoms with E-state index in [-0.39, 0.29) is 11.9 Å². The van der Waals surface area contributed by atoms with E-state index in [4.69, 9.17) is 0 Å². The zero-order valence-electron chi connectivity index (χ0n) is 8.51. The fourth-order valence-corrected chi connectivity index (χ4v) is 1.95. The minimum Gasteiger partial charge on any atom is -0.323 e. The monoisotopic (exact) mass is 196 g/mol. The van der Waals surface area contributed by atoms with Crippen molar-refractivity contribution in [2.75, 3.05) is 13.1 Å². The molecule has 1 saturated heterocycles. The van der Waals surface area contributed by atoms with Gasteiger partial charge in [-0.25, -0.2) is 4.79 Å². The minimum absolute atomic E-state index is 0.146. The van der Waals surface area contributed by atoms with Gasteiger partial charge in [0, 0.05) is 19.5 Å². The lowest BCUT2D eigenvalue weighted by atomic mass is 10.0. The van der Waals surface area contributed by atoms with Crippen molar-refractivity contribution < 1.29 is 9.59 Å². The Morgan fingerprint density at radius 3 is 2.64 bits per heavy atom. The first-order chi connectivity index (χ1) is 6.65. The average molecular weight is 196 g/mol. The second-order valence-electron chi connectivity index (χ2n) is 4.38. The molecule has 0 spiro atoms. The highest BCUT2D eigenvalue weighted by Gasteiger charge is 2.43. The molecule has 1 aliphatic carbocycles. The lowest BCUT2D eigenvalue weighted by molar-refractivity contribution is -0.121. The Balaban J connectivity index is 1.92. The number of hydrogen-bond donors (Lipinski definition) is 1. The minimum atomic E-state index is -0.207. The topological polar surface area (TPSA) is 49.4 Å². The van der Waals surface area contributed by atoms with Gasteiger partial charge in [-0.05, 0) is 24.7 Å². The maximum atomic E-state index is 11.4. The number of nitrogens with zero attached hydrogens (tertiary/aromatic N) is 1. The summed E-state index contributed by atoms with van der Waals surface area (Å²) in [6, 6.07) is -0.207. The maximum absolute atomic E-state index is 11.4. The molecule has 2 rings (SSSR count). The number of amides is 3. The van der Waals surface area contributed by atoms with E-state index < -0.39 is 0 Å². The van der Waals surface area contributed by atoms with Gasteiger partial charge in [0.15, 0.2) is 0 Å². The molecule has 1 saturated carbocycles. The van der Waals surface area contributed by atoms with Crippen LogP contribution >= 0.6 is 0 Å². The molecule has 0 bridgehead atoms. The standard InChI is InChI=1S/C10H16N2O2/c1-2-10(4-5-10)7-12-6-3-8(13)11-9(12)14/h2-7H2,1H3,(H,11,13,14). The fourth-order valence-electron chi connectivity index (χ4n) is 1.95. The third kappa shape index (κ3) is 1.74. The van der Waals surface area contributed by atoms with E-state index in [0.29, 0.717) is 18.4 Å². The van der Waals surface area contributed by atoms with Crippen LogP contribution in [0.3, 0.4) is 0 Å². The SMILES string of the molecule is CCC1(CN2CCC(=O)NC2=O)CC1. The molecule has 78 valence electrons. The van der Waals surface area contributed by atoms with E-state index in [1.165, 1.54) is 12.8 Å². The van der Waals surface area contributed by atoms with E-state index in [9.17, 15) is 9.59 Å². The molecule has 0 atom stereocenters. The molecule has 4 heteroatoms. The van der Waals surface area contributed by atoms with Crippen molar-refractivity contribution in [3.05, 3.63) is 0 Å². The molecule has 0 aromatic carbocycles. The largest absolute Gasteiger partial charge is 0.324 e. The van der Waals surface area contributed by atoms with Crippen LogP contribution in [-0.2, 0) is 4.79 Å². The Labute approximate surface area is 83.6 Å². The van der Waals surface area contributed by atoms with E-state index in [2.05, 4.69) is 12.2 Å². The Morgan fingerprint density at radius 1 is 1.43 bits per heavy atom. The van der Waals surface area contributed by atoms with Gasteiger partial charge in [-0.3, -0.25) is 10.1 Å². The Bertz CT molecular complexity index is 271. The van der Waals surface area contributed by atoms with Gasteiger partial charge in [-0.2, -0.15) is 0 Å². The van der Waals surface area contributed by atoms with Gasteiger partial charge in [0.2, 0.25) is 5.91 Å².